The van der Waals surface area contributed by atoms with Crippen molar-refractivity contribution in [3.05, 3.63) is 71.4 Å². The topological polar surface area (TPSA) is 102 Å². The van der Waals surface area contributed by atoms with Gasteiger partial charge in [-0.1, -0.05) is 17.2 Å². The van der Waals surface area contributed by atoms with Gasteiger partial charge in [-0.15, -0.1) is 0 Å². The number of aromatic amines is 1. The summed E-state index contributed by atoms with van der Waals surface area (Å²) in [5.41, 5.74) is 1.66. The molecular weight excluding hydrogens is 350 g/mol. The van der Waals surface area contributed by atoms with E-state index in [0.29, 0.717) is 16.5 Å². The summed E-state index contributed by atoms with van der Waals surface area (Å²) in [4.78, 5) is 41.8. The highest BCUT2D eigenvalue weighted by Crippen LogP contribution is 2.24. The molecule has 134 valence electrons. The summed E-state index contributed by atoms with van der Waals surface area (Å²) < 4.78 is 5.10. The van der Waals surface area contributed by atoms with Crippen LogP contribution >= 0.6 is 0 Å². The number of hydrogen-bond donors (Lipinski definition) is 1. The summed E-state index contributed by atoms with van der Waals surface area (Å²) >= 11 is 0. The third-order valence-electron chi connectivity index (χ3n) is 4.11. The number of rotatable bonds is 4. The minimum Gasteiger partial charge on any atom is -0.497 e. The minimum atomic E-state index is -0.892. The lowest BCUT2D eigenvalue weighted by atomic mass is 10.1. The molecule has 0 aliphatic carbocycles. The van der Waals surface area contributed by atoms with E-state index < -0.39 is 17.8 Å². The molecule has 0 saturated carbocycles. The van der Waals surface area contributed by atoms with E-state index in [1.807, 2.05) is 0 Å². The van der Waals surface area contributed by atoms with Crippen LogP contribution in [0.5, 0.6) is 5.75 Å². The molecule has 8 nitrogen and oxygen atoms in total. The van der Waals surface area contributed by atoms with E-state index in [2.05, 4.69) is 10.2 Å². The third-order valence-corrected chi connectivity index (χ3v) is 4.11. The number of ether oxygens (including phenoxy) is 1. The SMILES string of the molecule is COc1ccc(-c2cc(C(=O)ON3C(=O)c4ccccc4C3=O)[nH]n2)cc1. The van der Waals surface area contributed by atoms with E-state index in [0.717, 1.165) is 5.56 Å². The molecule has 3 aromatic rings. The molecule has 1 aliphatic rings. The Bertz CT molecular complexity index is 1020. The second-order valence-electron chi connectivity index (χ2n) is 5.72. The normalized spacial score (nSPS) is 12.9. The number of nitrogens with one attached hydrogen (secondary N) is 1. The standard InChI is InChI=1S/C19H13N3O5/c1-26-12-8-6-11(7-9-12)15-10-16(21-20-15)19(25)27-22-17(23)13-4-2-3-5-14(13)18(22)24/h2-10H,1H3,(H,20,21). The second kappa shape index (κ2) is 6.41. The van der Waals surface area contributed by atoms with Gasteiger partial charge in [-0.2, -0.15) is 5.10 Å². The van der Waals surface area contributed by atoms with Crippen LogP contribution in [0, 0.1) is 0 Å². The third kappa shape index (κ3) is 2.82. The zero-order chi connectivity index (χ0) is 19.0. The summed E-state index contributed by atoms with van der Waals surface area (Å²) in [5.74, 6) is -1.56. The van der Waals surface area contributed by atoms with E-state index in [4.69, 9.17) is 9.57 Å². The first-order valence-electron chi connectivity index (χ1n) is 7.98. The predicted octanol–water partition coefficient (Wildman–Crippen LogP) is 2.45. The first-order valence-corrected chi connectivity index (χ1v) is 7.98. The van der Waals surface area contributed by atoms with Gasteiger partial charge < -0.3 is 9.57 Å². The molecule has 1 aromatic heterocycles. The Morgan fingerprint density at radius 2 is 1.63 bits per heavy atom. The number of hydrogen-bond acceptors (Lipinski definition) is 6. The first-order chi connectivity index (χ1) is 13.1. The Balaban J connectivity index is 1.52. The maximum atomic E-state index is 12.3. The van der Waals surface area contributed by atoms with Gasteiger partial charge in [0.25, 0.3) is 11.8 Å². The number of methoxy groups -OCH3 is 1. The zero-order valence-corrected chi connectivity index (χ0v) is 14.1. The van der Waals surface area contributed by atoms with Crippen molar-refractivity contribution >= 4 is 17.8 Å². The van der Waals surface area contributed by atoms with Gasteiger partial charge in [0.1, 0.15) is 11.4 Å². The lowest BCUT2D eigenvalue weighted by molar-refractivity contribution is -0.0588. The number of nitrogens with zero attached hydrogens (tertiary/aromatic N) is 2. The first kappa shape index (κ1) is 16.5. The number of fused-ring (bicyclic) bond motifs is 1. The van der Waals surface area contributed by atoms with E-state index in [1.54, 1.807) is 43.5 Å². The largest absolute Gasteiger partial charge is 0.497 e. The van der Waals surface area contributed by atoms with Crippen LogP contribution in [0.3, 0.4) is 0 Å². The molecule has 1 N–H and O–H groups in total. The van der Waals surface area contributed by atoms with Crippen LogP contribution in [0.1, 0.15) is 31.2 Å². The molecule has 4 rings (SSSR count). The Morgan fingerprint density at radius 3 is 2.22 bits per heavy atom. The van der Waals surface area contributed by atoms with Crippen molar-refractivity contribution in [3.8, 4) is 17.0 Å². The molecule has 2 heterocycles. The van der Waals surface area contributed by atoms with Gasteiger partial charge in [-0.3, -0.25) is 14.7 Å². The molecule has 2 aromatic carbocycles. The fourth-order valence-corrected chi connectivity index (χ4v) is 2.72. The van der Waals surface area contributed by atoms with Crippen molar-refractivity contribution in [2.75, 3.05) is 7.11 Å². The molecule has 0 atom stereocenters. The maximum absolute atomic E-state index is 12.3. The number of amides is 2. The van der Waals surface area contributed by atoms with Gasteiger partial charge in [0.05, 0.1) is 23.9 Å². The molecule has 8 heteroatoms. The van der Waals surface area contributed by atoms with Crippen LogP contribution in [0.15, 0.2) is 54.6 Å². The molecule has 0 spiro atoms. The van der Waals surface area contributed by atoms with E-state index in [9.17, 15) is 14.4 Å². The van der Waals surface area contributed by atoms with Gasteiger partial charge in [0.15, 0.2) is 0 Å². The van der Waals surface area contributed by atoms with E-state index in [-0.39, 0.29) is 16.8 Å². The average Bonchev–Trinajstić information content (AvgIpc) is 3.29. The van der Waals surface area contributed by atoms with Crippen molar-refractivity contribution in [1.29, 1.82) is 0 Å². The van der Waals surface area contributed by atoms with Crippen molar-refractivity contribution < 1.29 is 24.0 Å². The number of aromatic nitrogens is 2. The van der Waals surface area contributed by atoms with Crippen LogP contribution in [0.4, 0.5) is 0 Å². The summed E-state index contributed by atoms with van der Waals surface area (Å²) in [6.07, 6.45) is 0. The Hall–Kier alpha value is -3.94. The van der Waals surface area contributed by atoms with Crippen LogP contribution in [0.25, 0.3) is 11.3 Å². The Morgan fingerprint density at radius 1 is 1.00 bits per heavy atom. The summed E-state index contributed by atoms with van der Waals surface area (Å²) in [6.45, 7) is 0. The van der Waals surface area contributed by atoms with Crippen LogP contribution in [-0.2, 0) is 4.84 Å². The molecule has 0 radical (unpaired) electrons. The molecule has 0 saturated heterocycles. The Labute approximate surface area is 153 Å². The predicted molar refractivity (Wildman–Crippen MR) is 92.9 cm³/mol. The molecular formula is C19H13N3O5. The molecule has 0 unspecified atom stereocenters. The van der Waals surface area contributed by atoms with Gasteiger partial charge in [-0.25, -0.2) is 4.79 Å². The highest BCUT2D eigenvalue weighted by Gasteiger charge is 2.39. The van der Waals surface area contributed by atoms with Crippen molar-refractivity contribution in [2.24, 2.45) is 0 Å². The number of imide groups is 1. The van der Waals surface area contributed by atoms with E-state index >= 15 is 0 Å². The molecule has 0 bridgehead atoms. The monoisotopic (exact) mass is 363 g/mol. The van der Waals surface area contributed by atoms with Gasteiger partial charge in [0, 0.05) is 5.56 Å². The number of carbonyl (C=O) groups is 3. The van der Waals surface area contributed by atoms with E-state index in [1.165, 1.54) is 18.2 Å². The smallest absolute Gasteiger partial charge is 0.381 e. The molecule has 2 amide bonds. The van der Waals surface area contributed by atoms with Gasteiger partial charge in [-0.05, 0) is 42.5 Å². The molecule has 1 aliphatic heterocycles. The van der Waals surface area contributed by atoms with Gasteiger partial charge >= 0.3 is 5.97 Å². The fraction of sp³-hybridized carbons (Fsp3) is 0.0526. The molecule has 0 fully saturated rings. The maximum Gasteiger partial charge on any atom is 0.381 e. The minimum absolute atomic E-state index is 0.0115. The Kier molecular flexibility index (Phi) is 3.92. The molecule has 27 heavy (non-hydrogen) atoms. The zero-order valence-electron chi connectivity index (χ0n) is 14.1. The summed E-state index contributed by atoms with van der Waals surface area (Å²) in [6, 6.07) is 14.8. The highest BCUT2D eigenvalue weighted by atomic mass is 16.7. The quantitative estimate of drug-likeness (QED) is 0.715. The summed E-state index contributed by atoms with van der Waals surface area (Å²) in [7, 11) is 1.57. The van der Waals surface area contributed by atoms with Crippen LogP contribution in [0.2, 0.25) is 0 Å². The lowest BCUT2D eigenvalue weighted by Gasteiger charge is -2.11. The number of carbonyl (C=O) groups excluding carboxylic acids is 3. The lowest BCUT2D eigenvalue weighted by Crippen LogP contribution is -2.32. The number of H-pyrrole nitrogens is 1. The number of hydroxylamine groups is 2. The summed E-state index contributed by atoms with van der Waals surface area (Å²) in [5, 5.41) is 7.07. The fourth-order valence-electron chi connectivity index (χ4n) is 2.72. The number of benzene rings is 2. The van der Waals surface area contributed by atoms with Crippen LogP contribution < -0.4 is 4.74 Å². The van der Waals surface area contributed by atoms with Gasteiger partial charge in [0.2, 0.25) is 0 Å². The van der Waals surface area contributed by atoms with Crippen molar-refractivity contribution in [2.45, 2.75) is 0 Å². The average molecular weight is 363 g/mol. The highest BCUT2D eigenvalue weighted by molar-refractivity contribution is 6.21. The van der Waals surface area contributed by atoms with Crippen LogP contribution in [-0.4, -0.2) is 40.2 Å². The van der Waals surface area contributed by atoms with Crippen molar-refractivity contribution in [3.63, 3.8) is 0 Å². The second-order valence-corrected chi connectivity index (χ2v) is 5.72. The van der Waals surface area contributed by atoms with Crippen molar-refractivity contribution in [1.82, 2.24) is 15.3 Å².